The Labute approximate surface area is 110 Å². The van der Waals surface area contributed by atoms with E-state index < -0.39 is 23.9 Å². The molecule has 0 unspecified atom stereocenters. The molecule has 0 bridgehead atoms. The van der Waals surface area contributed by atoms with Crippen LogP contribution in [0.25, 0.3) is 0 Å². The number of rotatable bonds is 4. The van der Waals surface area contributed by atoms with Gasteiger partial charge in [-0.3, -0.25) is 0 Å². The van der Waals surface area contributed by atoms with Gasteiger partial charge >= 0.3 is 6.18 Å². The van der Waals surface area contributed by atoms with Crippen molar-refractivity contribution in [3.63, 3.8) is 0 Å². The van der Waals surface area contributed by atoms with Gasteiger partial charge in [-0.2, -0.15) is 13.2 Å². The standard InChI is InChI=1S/C12H16F3NO.ClH/c1-2-3-10(17)11(16)8-4-6-9(7-5-8)12(13,14)15;/h4-7,10-11,17H,2-3,16H2,1H3;1H/t10-,11+;/m1./s1. The lowest BCUT2D eigenvalue weighted by atomic mass is 9.98. The maximum atomic E-state index is 12.3. The van der Waals surface area contributed by atoms with Crippen molar-refractivity contribution in [3.8, 4) is 0 Å². The molecule has 1 rings (SSSR count). The molecule has 0 aliphatic rings. The predicted molar refractivity (Wildman–Crippen MR) is 66.5 cm³/mol. The number of benzene rings is 1. The van der Waals surface area contributed by atoms with Crippen molar-refractivity contribution >= 4 is 12.4 Å². The van der Waals surface area contributed by atoms with E-state index in [1.54, 1.807) is 0 Å². The molecule has 0 saturated heterocycles. The summed E-state index contributed by atoms with van der Waals surface area (Å²) in [5.41, 5.74) is 5.56. The van der Waals surface area contributed by atoms with Crippen molar-refractivity contribution in [1.29, 1.82) is 0 Å². The quantitative estimate of drug-likeness (QED) is 0.891. The molecule has 0 aromatic heterocycles. The summed E-state index contributed by atoms with van der Waals surface area (Å²) >= 11 is 0. The first-order valence-electron chi connectivity index (χ1n) is 5.47. The zero-order valence-electron chi connectivity index (χ0n) is 9.95. The number of hydrogen-bond donors (Lipinski definition) is 2. The molecule has 0 spiro atoms. The molecule has 0 fully saturated rings. The molecule has 0 aliphatic carbocycles. The normalized spacial score (nSPS) is 14.8. The molecule has 0 aliphatic heterocycles. The third kappa shape index (κ3) is 4.48. The van der Waals surface area contributed by atoms with Crippen molar-refractivity contribution < 1.29 is 18.3 Å². The first-order valence-corrected chi connectivity index (χ1v) is 5.47. The van der Waals surface area contributed by atoms with Gasteiger partial charge in [0.15, 0.2) is 0 Å². The van der Waals surface area contributed by atoms with Crippen LogP contribution in [0.2, 0.25) is 0 Å². The van der Waals surface area contributed by atoms with Gasteiger partial charge in [-0.1, -0.05) is 25.5 Å². The largest absolute Gasteiger partial charge is 0.416 e. The Morgan fingerprint density at radius 3 is 2.11 bits per heavy atom. The summed E-state index contributed by atoms with van der Waals surface area (Å²) in [6.07, 6.45) is -3.76. The maximum Gasteiger partial charge on any atom is 0.416 e. The second-order valence-corrected chi connectivity index (χ2v) is 4.00. The van der Waals surface area contributed by atoms with Crippen molar-refractivity contribution in [1.82, 2.24) is 0 Å². The fraction of sp³-hybridized carbons (Fsp3) is 0.500. The van der Waals surface area contributed by atoms with Gasteiger partial charge in [-0.05, 0) is 24.1 Å². The van der Waals surface area contributed by atoms with Crippen LogP contribution in [0, 0.1) is 0 Å². The van der Waals surface area contributed by atoms with Crippen LogP contribution in [0.1, 0.15) is 36.9 Å². The average molecular weight is 284 g/mol. The first kappa shape index (κ1) is 17.2. The van der Waals surface area contributed by atoms with Crippen LogP contribution in [-0.4, -0.2) is 11.2 Å². The van der Waals surface area contributed by atoms with Crippen molar-refractivity contribution in [2.75, 3.05) is 0 Å². The molecular weight excluding hydrogens is 267 g/mol. The summed E-state index contributed by atoms with van der Waals surface area (Å²) in [4.78, 5) is 0. The Morgan fingerprint density at radius 1 is 1.22 bits per heavy atom. The molecule has 0 amide bonds. The zero-order chi connectivity index (χ0) is 13.1. The van der Waals surface area contributed by atoms with Gasteiger partial charge in [-0.25, -0.2) is 0 Å². The summed E-state index contributed by atoms with van der Waals surface area (Å²) in [5, 5.41) is 9.65. The second-order valence-electron chi connectivity index (χ2n) is 4.00. The molecule has 6 heteroatoms. The SMILES string of the molecule is CCC[C@@H](O)[C@@H](N)c1ccc(C(F)(F)F)cc1.Cl. The van der Waals surface area contributed by atoms with Gasteiger partial charge < -0.3 is 10.8 Å². The Hall–Kier alpha value is -0.780. The Morgan fingerprint density at radius 2 is 1.72 bits per heavy atom. The molecule has 0 heterocycles. The van der Waals surface area contributed by atoms with E-state index in [0.29, 0.717) is 12.0 Å². The predicted octanol–water partition coefficient (Wildman–Crippen LogP) is 3.29. The Balaban J connectivity index is 0.00000289. The van der Waals surface area contributed by atoms with Crippen LogP contribution in [0.15, 0.2) is 24.3 Å². The summed E-state index contributed by atoms with van der Waals surface area (Å²) in [7, 11) is 0. The van der Waals surface area contributed by atoms with Crippen LogP contribution in [0.4, 0.5) is 13.2 Å². The third-order valence-electron chi connectivity index (χ3n) is 2.62. The molecule has 1 aromatic carbocycles. The molecule has 1 aromatic rings. The van der Waals surface area contributed by atoms with Crippen molar-refractivity contribution in [3.05, 3.63) is 35.4 Å². The van der Waals surface area contributed by atoms with Gasteiger partial charge in [0, 0.05) is 0 Å². The third-order valence-corrected chi connectivity index (χ3v) is 2.62. The minimum Gasteiger partial charge on any atom is -0.391 e. The van der Waals surface area contributed by atoms with E-state index in [-0.39, 0.29) is 12.4 Å². The van der Waals surface area contributed by atoms with Crippen LogP contribution < -0.4 is 5.73 Å². The van der Waals surface area contributed by atoms with E-state index in [2.05, 4.69) is 0 Å². The highest BCUT2D eigenvalue weighted by atomic mass is 35.5. The molecule has 0 radical (unpaired) electrons. The topological polar surface area (TPSA) is 46.2 Å². The Bertz CT molecular complexity index is 353. The summed E-state index contributed by atoms with van der Waals surface area (Å²) in [6, 6.07) is 3.94. The molecular formula is C12H17ClF3NO. The highest BCUT2D eigenvalue weighted by molar-refractivity contribution is 5.85. The lowest BCUT2D eigenvalue weighted by molar-refractivity contribution is -0.137. The molecule has 18 heavy (non-hydrogen) atoms. The number of halogens is 4. The second kappa shape index (κ2) is 6.97. The van der Waals surface area contributed by atoms with Gasteiger partial charge in [0.2, 0.25) is 0 Å². The molecule has 2 atom stereocenters. The highest BCUT2D eigenvalue weighted by Gasteiger charge is 2.30. The van der Waals surface area contributed by atoms with E-state index in [1.165, 1.54) is 12.1 Å². The lowest BCUT2D eigenvalue weighted by Crippen LogP contribution is -2.26. The van der Waals surface area contributed by atoms with Crippen molar-refractivity contribution in [2.45, 2.75) is 38.1 Å². The minimum atomic E-state index is -4.34. The number of alkyl halides is 3. The summed E-state index contributed by atoms with van der Waals surface area (Å²) in [5.74, 6) is 0. The Kier molecular flexibility index (Phi) is 6.67. The van der Waals surface area contributed by atoms with Crippen molar-refractivity contribution in [2.24, 2.45) is 5.73 Å². The zero-order valence-corrected chi connectivity index (χ0v) is 10.8. The monoisotopic (exact) mass is 283 g/mol. The van der Waals surface area contributed by atoms with E-state index in [4.69, 9.17) is 5.73 Å². The number of aliphatic hydroxyl groups is 1. The van der Waals surface area contributed by atoms with E-state index in [1.807, 2.05) is 6.92 Å². The smallest absolute Gasteiger partial charge is 0.391 e. The fourth-order valence-electron chi connectivity index (χ4n) is 1.59. The van der Waals surface area contributed by atoms with E-state index in [9.17, 15) is 18.3 Å². The van der Waals surface area contributed by atoms with E-state index >= 15 is 0 Å². The number of aliphatic hydroxyl groups excluding tert-OH is 1. The van der Waals surface area contributed by atoms with E-state index in [0.717, 1.165) is 18.6 Å². The highest BCUT2D eigenvalue weighted by Crippen LogP contribution is 2.30. The van der Waals surface area contributed by atoms with Gasteiger partial charge in [0.05, 0.1) is 17.7 Å². The van der Waals surface area contributed by atoms with Crippen LogP contribution >= 0.6 is 12.4 Å². The fourth-order valence-corrected chi connectivity index (χ4v) is 1.59. The van der Waals surface area contributed by atoms with Gasteiger partial charge in [0.1, 0.15) is 0 Å². The number of hydrogen-bond acceptors (Lipinski definition) is 2. The minimum absolute atomic E-state index is 0. The first-order chi connectivity index (χ1) is 7.86. The number of nitrogens with two attached hydrogens (primary N) is 1. The average Bonchev–Trinajstić information content (AvgIpc) is 2.27. The molecule has 104 valence electrons. The lowest BCUT2D eigenvalue weighted by Gasteiger charge is -2.19. The molecule has 0 saturated carbocycles. The summed E-state index contributed by atoms with van der Waals surface area (Å²) in [6.45, 7) is 1.91. The maximum absolute atomic E-state index is 12.3. The molecule has 2 nitrogen and oxygen atoms in total. The van der Waals surface area contributed by atoms with Crippen LogP contribution in [0.3, 0.4) is 0 Å². The van der Waals surface area contributed by atoms with Gasteiger partial charge in [-0.15, -0.1) is 12.4 Å². The van der Waals surface area contributed by atoms with Crippen LogP contribution in [0.5, 0.6) is 0 Å². The molecule has 3 N–H and O–H groups in total. The van der Waals surface area contributed by atoms with Crippen LogP contribution in [-0.2, 0) is 6.18 Å². The summed E-state index contributed by atoms with van der Waals surface area (Å²) < 4.78 is 37.0. The van der Waals surface area contributed by atoms with Gasteiger partial charge in [0.25, 0.3) is 0 Å².